The molecule has 4 nitrogen and oxygen atoms in total. The summed E-state index contributed by atoms with van der Waals surface area (Å²) in [5, 5.41) is 1.74. The molecule has 2 N–H and O–H groups in total. The highest BCUT2D eigenvalue weighted by molar-refractivity contribution is 7.07. The molecule has 5 heteroatoms. The molecule has 1 aromatic rings. The van der Waals surface area contributed by atoms with E-state index in [1.54, 1.807) is 31.7 Å². The van der Waals surface area contributed by atoms with Gasteiger partial charge in [0.05, 0.1) is 11.2 Å². The minimum atomic E-state index is -0.777. The normalized spacial score (nSPS) is 13.7. The van der Waals surface area contributed by atoms with Gasteiger partial charge in [0.15, 0.2) is 0 Å². The van der Waals surface area contributed by atoms with E-state index < -0.39 is 17.6 Å². The lowest BCUT2D eigenvalue weighted by molar-refractivity contribution is -0.156. The molecule has 78 valence electrons. The first-order chi connectivity index (χ1) is 6.40. The molecule has 1 aromatic heterocycles. The number of carbonyl (C=O) groups excluding carboxylic acids is 1. The van der Waals surface area contributed by atoms with Crippen molar-refractivity contribution in [1.29, 1.82) is 0 Å². The van der Waals surface area contributed by atoms with Gasteiger partial charge in [-0.25, -0.2) is 9.78 Å². The molecule has 0 saturated carbocycles. The third-order valence-electron chi connectivity index (χ3n) is 1.43. The lowest BCUT2D eigenvalue weighted by Gasteiger charge is -2.21. The summed E-state index contributed by atoms with van der Waals surface area (Å²) >= 11 is 1.40. The Hall–Kier alpha value is -0.940. The molecule has 1 unspecified atom stereocenters. The average Bonchev–Trinajstić information content (AvgIpc) is 2.51. The summed E-state index contributed by atoms with van der Waals surface area (Å²) in [7, 11) is 0. The Kier molecular flexibility index (Phi) is 3.23. The van der Waals surface area contributed by atoms with Crippen LogP contribution in [-0.2, 0) is 9.53 Å². The molecule has 1 rings (SSSR count). The van der Waals surface area contributed by atoms with Gasteiger partial charge in [-0.05, 0) is 20.8 Å². The fraction of sp³-hybridized carbons (Fsp3) is 0.556. The highest BCUT2D eigenvalue weighted by atomic mass is 32.1. The standard InChI is InChI=1S/C9H14N2O2S/c1-9(2,3)13-8(12)7(10)6-4-14-5-11-6/h4-5,7H,10H2,1-3H3. The van der Waals surface area contributed by atoms with Crippen molar-refractivity contribution in [3.05, 3.63) is 16.6 Å². The molecule has 0 aliphatic rings. The van der Waals surface area contributed by atoms with E-state index in [2.05, 4.69) is 4.98 Å². The van der Waals surface area contributed by atoms with Gasteiger partial charge in [-0.1, -0.05) is 0 Å². The van der Waals surface area contributed by atoms with Crippen molar-refractivity contribution in [1.82, 2.24) is 4.98 Å². The first kappa shape index (κ1) is 11.1. The summed E-state index contributed by atoms with van der Waals surface area (Å²) < 4.78 is 5.12. The minimum absolute atomic E-state index is 0.441. The molecule has 0 spiro atoms. The quantitative estimate of drug-likeness (QED) is 0.757. The van der Waals surface area contributed by atoms with Crippen LogP contribution in [-0.4, -0.2) is 16.6 Å². The maximum absolute atomic E-state index is 11.5. The second-order valence-electron chi connectivity index (χ2n) is 3.92. The van der Waals surface area contributed by atoms with E-state index in [0.29, 0.717) is 5.69 Å². The third kappa shape index (κ3) is 3.08. The smallest absolute Gasteiger partial charge is 0.329 e. The molecule has 14 heavy (non-hydrogen) atoms. The number of rotatable bonds is 2. The topological polar surface area (TPSA) is 65.2 Å². The van der Waals surface area contributed by atoms with E-state index in [-0.39, 0.29) is 0 Å². The summed E-state index contributed by atoms with van der Waals surface area (Å²) in [5.74, 6) is -0.441. The number of nitrogens with zero attached hydrogens (tertiary/aromatic N) is 1. The monoisotopic (exact) mass is 214 g/mol. The molecule has 0 radical (unpaired) electrons. The Labute approximate surface area is 87.1 Å². The van der Waals surface area contributed by atoms with Crippen LogP contribution in [0.1, 0.15) is 32.5 Å². The summed E-state index contributed by atoms with van der Waals surface area (Å²) in [6.07, 6.45) is 0. The molecule has 0 bridgehead atoms. The molecular weight excluding hydrogens is 200 g/mol. The molecule has 0 fully saturated rings. The molecule has 0 aliphatic carbocycles. The van der Waals surface area contributed by atoms with Crippen LogP contribution >= 0.6 is 11.3 Å². The maximum Gasteiger partial charge on any atom is 0.329 e. The number of hydrogen-bond donors (Lipinski definition) is 1. The number of carbonyl (C=O) groups is 1. The van der Waals surface area contributed by atoms with Crippen LogP contribution in [0.2, 0.25) is 0 Å². The Morgan fingerprint density at radius 2 is 2.29 bits per heavy atom. The zero-order valence-corrected chi connectivity index (χ0v) is 9.30. The highest BCUT2D eigenvalue weighted by Crippen LogP contribution is 2.16. The molecule has 1 atom stereocenters. The number of thiazole rings is 1. The fourth-order valence-corrected chi connectivity index (χ4v) is 1.45. The Morgan fingerprint density at radius 3 is 2.71 bits per heavy atom. The van der Waals surface area contributed by atoms with Crippen molar-refractivity contribution >= 4 is 17.3 Å². The zero-order valence-electron chi connectivity index (χ0n) is 8.48. The van der Waals surface area contributed by atoms with E-state index in [0.717, 1.165) is 0 Å². The van der Waals surface area contributed by atoms with E-state index in [9.17, 15) is 4.79 Å². The summed E-state index contributed by atoms with van der Waals surface area (Å²) in [5.41, 5.74) is 7.35. The summed E-state index contributed by atoms with van der Waals surface area (Å²) in [4.78, 5) is 15.4. The van der Waals surface area contributed by atoms with Gasteiger partial charge in [0.25, 0.3) is 0 Å². The van der Waals surface area contributed by atoms with Gasteiger partial charge < -0.3 is 10.5 Å². The predicted octanol–water partition coefficient (Wildman–Crippen LogP) is 1.48. The van der Waals surface area contributed by atoms with Gasteiger partial charge in [0.1, 0.15) is 11.6 Å². The molecule has 0 amide bonds. The van der Waals surface area contributed by atoms with Gasteiger partial charge in [0.2, 0.25) is 0 Å². The second kappa shape index (κ2) is 4.06. The maximum atomic E-state index is 11.5. The lowest BCUT2D eigenvalue weighted by atomic mass is 10.2. The Balaban J connectivity index is 2.63. The van der Waals surface area contributed by atoms with Crippen LogP contribution in [0.15, 0.2) is 10.9 Å². The minimum Gasteiger partial charge on any atom is -0.459 e. The van der Waals surface area contributed by atoms with Crippen molar-refractivity contribution in [2.75, 3.05) is 0 Å². The number of esters is 1. The Morgan fingerprint density at radius 1 is 1.64 bits per heavy atom. The molecule has 0 saturated heterocycles. The van der Waals surface area contributed by atoms with Crippen molar-refractivity contribution in [2.45, 2.75) is 32.4 Å². The molecular formula is C9H14N2O2S. The van der Waals surface area contributed by atoms with E-state index in [1.807, 2.05) is 0 Å². The van der Waals surface area contributed by atoms with Crippen LogP contribution in [0.5, 0.6) is 0 Å². The van der Waals surface area contributed by atoms with Crippen LogP contribution in [0.4, 0.5) is 0 Å². The van der Waals surface area contributed by atoms with Crippen LogP contribution in [0.25, 0.3) is 0 Å². The highest BCUT2D eigenvalue weighted by Gasteiger charge is 2.24. The zero-order chi connectivity index (χ0) is 10.8. The third-order valence-corrected chi connectivity index (χ3v) is 2.04. The first-order valence-electron chi connectivity index (χ1n) is 4.26. The van der Waals surface area contributed by atoms with Crippen molar-refractivity contribution < 1.29 is 9.53 Å². The number of hydrogen-bond acceptors (Lipinski definition) is 5. The van der Waals surface area contributed by atoms with Gasteiger partial charge in [-0.2, -0.15) is 0 Å². The van der Waals surface area contributed by atoms with Gasteiger partial charge in [-0.15, -0.1) is 11.3 Å². The van der Waals surface area contributed by atoms with Crippen LogP contribution in [0.3, 0.4) is 0 Å². The largest absolute Gasteiger partial charge is 0.459 e. The van der Waals surface area contributed by atoms with E-state index in [1.165, 1.54) is 11.3 Å². The summed E-state index contributed by atoms with van der Waals surface area (Å²) in [6.45, 7) is 5.41. The number of aromatic nitrogens is 1. The SMILES string of the molecule is CC(C)(C)OC(=O)C(N)c1cscn1. The summed E-state index contributed by atoms with van der Waals surface area (Å²) in [6, 6.07) is -0.777. The number of ether oxygens (including phenoxy) is 1. The van der Waals surface area contributed by atoms with Gasteiger partial charge in [0, 0.05) is 5.38 Å². The Bertz CT molecular complexity index is 303. The first-order valence-corrected chi connectivity index (χ1v) is 5.21. The molecule has 1 heterocycles. The van der Waals surface area contributed by atoms with Crippen molar-refractivity contribution in [3.63, 3.8) is 0 Å². The molecule has 0 aliphatic heterocycles. The van der Waals surface area contributed by atoms with Crippen LogP contribution < -0.4 is 5.73 Å². The second-order valence-corrected chi connectivity index (χ2v) is 4.64. The van der Waals surface area contributed by atoms with Crippen molar-refractivity contribution in [2.24, 2.45) is 5.73 Å². The predicted molar refractivity (Wildman–Crippen MR) is 54.9 cm³/mol. The molecule has 0 aromatic carbocycles. The van der Waals surface area contributed by atoms with E-state index >= 15 is 0 Å². The van der Waals surface area contributed by atoms with Gasteiger partial charge in [-0.3, -0.25) is 0 Å². The van der Waals surface area contributed by atoms with Crippen molar-refractivity contribution in [3.8, 4) is 0 Å². The lowest BCUT2D eigenvalue weighted by Crippen LogP contribution is -2.31. The average molecular weight is 214 g/mol. The van der Waals surface area contributed by atoms with Gasteiger partial charge >= 0.3 is 5.97 Å². The van der Waals surface area contributed by atoms with Crippen LogP contribution in [0, 0.1) is 0 Å². The fourth-order valence-electron chi connectivity index (χ4n) is 0.861. The number of nitrogens with two attached hydrogens (primary N) is 1. The van der Waals surface area contributed by atoms with E-state index in [4.69, 9.17) is 10.5 Å².